The Morgan fingerprint density at radius 1 is 1.33 bits per heavy atom. The molecule has 1 heterocycles. The number of nitrogens with one attached hydrogen (secondary N) is 2. The number of aliphatic carboxylic acids is 1. The number of hydrogen-bond acceptors (Lipinski definition) is 4. The summed E-state index contributed by atoms with van der Waals surface area (Å²) in [6.45, 7) is 4.03. The second-order valence-corrected chi connectivity index (χ2v) is 4.17. The maximum atomic E-state index is 11.3. The number of carbonyl (C=O) groups excluding carboxylic acids is 1. The van der Waals surface area contributed by atoms with Crippen LogP contribution in [-0.2, 0) is 9.59 Å². The quantitative estimate of drug-likeness (QED) is 0.715. The number of amides is 1. The van der Waals surface area contributed by atoms with E-state index in [1.807, 2.05) is 13.8 Å². The van der Waals surface area contributed by atoms with E-state index in [4.69, 9.17) is 5.11 Å². The third kappa shape index (κ3) is 5.29. The summed E-state index contributed by atoms with van der Waals surface area (Å²) in [4.78, 5) is 25.7. The van der Waals surface area contributed by atoms with E-state index in [1.165, 1.54) is 0 Å². The maximum absolute atomic E-state index is 11.3. The molecular formula is C12H17N3O3. The Morgan fingerprint density at radius 2 is 2.06 bits per heavy atom. The molecule has 0 bridgehead atoms. The smallest absolute Gasteiger partial charge is 0.303 e. The Bertz CT molecular complexity index is 415. The van der Waals surface area contributed by atoms with Gasteiger partial charge in [0, 0.05) is 12.5 Å². The van der Waals surface area contributed by atoms with E-state index in [9.17, 15) is 9.59 Å². The lowest BCUT2D eigenvalue weighted by atomic mass is 10.3. The number of pyridine rings is 1. The average molecular weight is 251 g/mol. The van der Waals surface area contributed by atoms with Gasteiger partial charge in [-0.25, -0.2) is 4.98 Å². The Labute approximate surface area is 105 Å². The lowest BCUT2D eigenvalue weighted by Gasteiger charge is -2.10. The number of hydrogen-bond donors (Lipinski definition) is 3. The van der Waals surface area contributed by atoms with Gasteiger partial charge in [0.15, 0.2) is 0 Å². The zero-order valence-corrected chi connectivity index (χ0v) is 10.4. The van der Waals surface area contributed by atoms with Crippen molar-refractivity contribution in [2.24, 2.45) is 0 Å². The molecule has 0 aliphatic heterocycles. The minimum absolute atomic E-state index is 0.0526. The fourth-order valence-corrected chi connectivity index (χ4v) is 1.31. The zero-order valence-electron chi connectivity index (χ0n) is 10.4. The highest BCUT2D eigenvalue weighted by Crippen LogP contribution is 2.11. The van der Waals surface area contributed by atoms with Crippen molar-refractivity contribution in [3.63, 3.8) is 0 Å². The van der Waals surface area contributed by atoms with Gasteiger partial charge in [0.05, 0.1) is 18.3 Å². The van der Waals surface area contributed by atoms with Gasteiger partial charge in [0.25, 0.3) is 0 Å². The molecule has 0 aliphatic carbocycles. The summed E-state index contributed by atoms with van der Waals surface area (Å²) in [6.07, 6.45) is 1.38. The molecular weight excluding hydrogens is 234 g/mol. The van der Waals surface area contributed by atoms with E-state index in [-0.39, 0.29) is 18.7 Å². The molecule has 1 aromatic rings. The van der Waals surface area contributed by atoms with Crippen LogP contribution in [0.25, 0.3) is 0 Å². The van der Waals surface area contributed by atoms with Crippen LogP contribution < -0.4 is 10.6 Å². The normalized spacial score (nSPS) is 10.2. The van der Waals surface area contributed by atoms with Crippen LogP contribution in [-0.4, -0.2) is 28.0 Å². The molecule has 3 N–H and O–H groups in total. The van der Waals surface area contributed by atoms with Gasteiger partial charge in [0.2, 0.25) is 5.91 Å². The second kappa shape index (κ2) is 6.58. The summed E-state index contributed by atoms with van der Waals surface area (Å²) in [5.74, 6) is -0.927. The van der Waals surface area contributed by atoms with Crippen LogP contribution >= 0.6 is 0 Å². The van der Waals surface area contributed by atoms with Crippen molar-refractivity contribution in [2.45, 2.75) is 32.7 Å². The summed E-state index contributed by atoms with van der Waals surface area (Å²) in [7, 11) is 0. The largest absolute Gasteiger partial charge is 0.481 e. The molecule has 0 saturated heterocycles. The first-order valence-electron chi connectivity index (χ1n) is 5.71. The molecule has 0 fully saturated rings. The van der Waals surface area contributed by atoms with Crippen molar-refractivity contribution in [3.8, 4) is 0 Å². The number of nitrogens with zero attached hydrogens (tertiary/aromatic N) is 1. The Balaban J connectivity index is 2.48. The maximum Gasteiger partial charge on any atom is 0.303 e. The van der Waals surface area contributed by atoms with Crippen LogP contribution in [0.5, 0.6) is 0 Å². The topological polar surface area (TPSA) is 91.3 Å². The third-order valence-corrected chi connectivity index (χ3v) is 2.05. The van der Waals surface area contributed by atoms with Crippen molar-refractivity contribution in [3.05, 3.63) is 18.3 Å². The molecule has 18 heavy (non-hydrogen) atoms. The minimum Gasteiger partial charge on any atom is -0.481 e. The van der Waals surface area contributed by atoms with Crippen molar-refractivity contribution in [1.82, 2.24) is 4.98 Å². The van der Waals surface area contributed by atoms with Gasteiger partial charge in [-0.05, 0) is 26.0 Å². The van der Waals surface area contributed by atoms with Crippen LogP contribution in [0.2, 0.25) is 0 Å². The second-order valence-electron chi connectivity index (χ2n) is 4.17. The van der Waals surface area contributed by atoms with Crippen molar-refractivity contribution in [2.75, 3.05) is 10.6 Å². The van der Waals surface area contributed by atoms with Gasteiger partial charge in [-0.1, -0.05) is 0 Å². The van der Waals surface area contributed by atoms with Crippen LogP contribution in [0.1, 0.15) is 26.7 Å². The standard InChI is InChI=1S/C12H17N3O3/c1-8(2)14-9-3-4-10(13-7-9)15-11(16)5-6-12(17)18/h3-4,7-8,14H,5-6H2,1-2H3,(H,17,18)(H,13,15,16). The Morgan fingerprint density at radius 3 is 2.56 bits per heavy atom. The summed E-state index contributed by atoms with van der Waals surface area (Å²) >= 11 is 0. The van der Waals surface area contributed by atoms with Crippen LogP contribution in [0, 0.1) is 0 Å². The first kappa shape index (κ1) is 14.0. The minimum atomic E-state index is -0.991. The molecule has 98 valence electrons. The van der Waals surface area contributed by atoms with Crippen molar-refractivity contribution < 1.29 is 14.7 Å². The SMILES string of the molecule is CC(C)Nc1ccc(NC(=O)CCC(=O)O)nc1. The first-order chi connectivity index (χ1) is 8.47. The molecule has 1 rings (SSSR count). The lowest BCUT2D eigenvalue weighted by Crippen LogP contribution is -2.14. The number of carboxylic acid groups (broad SMARTS) is 1. The highest BCUT2D eigenvalue weighted by molar-refractivity contribution is 5.91. The highest BCUT2D eigenvalue weighted by Gasteiger charge is 2.06. The number of carboxylic acids is 1. The summed E-state index contributed by atoms with van der Waals surface area (Å²) < 4.78 is 0. The molecule has 0 aromatic carbocycles. The van der Waals surface area contributed by atoms with Gasteiger partial charge >= 0.3 is 5.97 Å². The molecule has 0 spiro atoms. The monoisotopic (exact) mass is 251 g/mol. The first-order valence-corrected chi connectivity index (χ1v) is 5.71. The van der Waals surface area contributed by atoms with Gasteiger partial charge in [-0.15, -0.1) is 0 Å². The summed E-state index contributed by atoms with van der Waals surface area (Å²) in [5, 5.41) is 14.2. The molecule has 0 unspecified atom stereocenters. The molecule has 1 amide bonds. The Hall–Kier alpha value is -2.11. The van der Waals surface area contributed by atoms with E-state index in [0.717, 1.165) is 5.69 Å². The third-order valence-electron chi connectivity index (χ3n) is 2.05. The predicted octanol–water partition coefficient (Wildman–Crippen LogP) is 1.71. The molecule has 1 aromatic heterocycles. The van der Waals surface area contributed by atoms with Crippen LogP contribution in [0.15, 0.2) is 18.3 Å². The van der Waals surface area contributed by atoms with E-state index in [2.05, 4.69) is 15.6 Å². The van der Waals surface area contributed by atoms with Gasteiger partial charge < -0.3 is 15.7 Å². The number of carbonyl (C=O) groups is 2. The summed E-state index contributed by atoms with van der Waals surface area (Å²) in [6, 6.07) is 3.78. The number of aromatic nitrogens is 1. The van der Waals surface area contributed by atoms with E-state index in [0.29, 0.717) is 11.9 Å². The van der Waals surface area contributed by atoms with Crippen molar-refractivity contribution >= 4 is 23.4 Å². The Kier molecular flexibility index (Phi) is 5.10. The molecule has 6 nitrogen and oxygen atoms in total. The average Bonchev–Trinajstić information content (AvgIpc) is 2.28. The van der Waals surface area contributed by atoms with Gasteiger partial charge in [-0.3, -0.25) is 9.59 Å². The fourth-order valence-electron chi connectivity index (χ4n) is 1.31. The number of anilines is 2. The number of rotatable bonds is 6. The molecule has 0 atom stereocenters. The van der Waals surface area contributed by atoms with Gasteiger partial charge in [0.1, 0.15) is 5.82 Å². The van der Waals surface area contributed by atoms with Crippen LogP contribution in [0.4, 0.5) is 11.5 Å². The molecule has 0 aliphatic rings. The summed E-state index contributed by atoms with van der Waals surface area (Å²) in [5.41, 5.74) is 0.869. The van der Waals surface area contributed by atoms with Crippen LogP contribution in [0.3, 0.4) is 0 Å². The predicted molar refractivity (Wildman–Crippen MR) is 68.5 cm³/mol. The lowest BCUT2D eigenvalue weighted by molar-refractivity contribution is -0.138. The zero-order chi connectivity index (χ0) is 13.5. The van der Waals surface area contributed by atoms with E-state index >= 15 is 0 Å². The van der Waals surface area contributed by atoms with E-state index < -0.39 is 5.97 Å². The van der Waals surface area contributed by atoms with Gasteiger partial charge in [-0.2, -0.15) is 0 Å². The molecule has 0 radical (unpaired) electrons. The fraction of sp³-hybridized carbons (Fsp3) is 0.417. The highest BCUT2D eigenvalue weighted by atomic mass is 16.4. The molecule has 6 heteroatoms. The van der Waals surface area contributed by atoms with Crippen molar-refractivity contribution in [1.29, 1.82) is 0 Å². The molecule has 0 saturated carbocycles. The van der Waals surface area contributed by atoms with E-state index in [1.54, 1.807) is 18.3 Å².